The second-order valence-electron chi connectivity index (χ2n) is 4.53. The van der Waals surface area contributed by atoms with Crippen LogP contribution in [0.3, 0.4) is 0 Å². The third kappa shape index (κ3) is 4.74. The molecule has 0 bridgehead atoms. The molecule has 112 valence electrons. The summed E-state index contributed by atoms with van der Waals surface area (Å²) in [6.07, 6.45) is 0. The van der Waals surface area contributed by atoms with Crippen LogP contribution in [0.5, 0.6) is 11.5 Å². The lowest BCUT2D eigenvalue weighted by Crippen LogP contribution is -2.44. The molecule has 1 N–H and O–H groups in total. The van der Waals surface area contributed by atoms with Crippen LogP contribution in [0.25, 0.3) is 0 Å². The zero-order valence-corrected chi connectivity index (χ0v) is 12.7. The molecule has 0 aliphatic heterocycles. The molecule has 1 unspecified atom stereocenters. The molecule has 0 saturated carbocycles. The maximum Gasteiger partial charge on any atom is 0.239 e. The molecule has 0 aliphatic carbocycles. The highest BCUT2D eigenvalue weighted by Crippen LogP contribution is 2.25. The van der Waals surface area contributed by atoms with E-state index in [2.05, 4.69) is 5.32 Å². The summed E-state index contributed by atoms with van der Waals surface area (Å²) in [5, 5.41) is 3.15. The summed E-state index contributed by atoms with van der Waals surface area (Å²) in [7, 11) is 3.41. The van der Waals surface area contributed by atoms with Crippen LogP contribution in [0.1, 0.15) is 13.8 Å². The van der Waals surface area contributed by atoms with Crippen molar-refractivity contribution in [2.24, 2.45) is 0 Å². The minimum Gasteiger partial charge on any atom is -0.493 e. The number of amides is 1. The topological polar surface area (TPSA) is 50.8 Å². The number of hydrogen-bond acceptors (Lipinski definition) is 4. The largest absolute Gasteiger partial charge is 0.493 e. The number of nitrogens with zero attached hydrogens (tertiary/aromatic N) is 1. The van der Waals surface area contributed by atoms with Crippen LogP contribution in [0, 0.1) is 0 Å². The van der Waals surface area contributed by atoms with Crippen LogP contribution in [0.2, 0.25) is 0 Å². The second kappa shape index (κ2) is 8.43. The van der Waals surface area contributed by atoms with E-state index >= 15 is 0 Å². The fraction of sp³-hybridized carbons (Fsp3) is 0.533. The number of benzene rings is 1. The van der Waals surface area contributed by atoms with Crippen molar-refractivity contribution in [1.82, 2.24) is 10.2 Å². The molecular weight excluding hydrogens is 256 g/mol. The van der Waals surface area contributed by atoms with E-state index in [9.17, 15) is 4.79 Å². The molecule has 1 rings (SSSR count). The van der Waals surface area contributed by atoms with Gasteiger partial charge in [-0.2, -0.15) is 0 Å². The molecule has 0 spiro atoms. The van der Waals surface area contributed by atoms with Crippen LogP contribution in [0.15, 0.2) is 24.3 Å². The maximum absolute atomic E-state index is 11.8. The van der Waals surface area contributed by atoms with Gasteiger partial charge in [0.1, 0.15) is 6.61 Å². The lowest BCUT2D eigenvalue weighted by atomic mass is 10.3. The summed E-state index contributed by atoms with van der Waals surface area (Å²) in [6, 6.07) is 7.30. The molecule has 5 nitrogen and oxygen atoms in total. The monoisotopic (exact) mass is 280 g/mol. The number of methoxy groups -OCH3 is 1. The Labute approximate surface area is 120 Å². The molecule has 0 saturated heterocycles. The van der Waals surface area contributed by atoms with Gasteiger partial charge < -0.3 is 19.7 Å². The molecule has 5 heteroatoms. The van der Waals surface area contributed by atoms with Crippen molar-refractivity contribution in [2.45, 2.75) is 19.9 Å². The maximum atomic E-state index is 11.8. The van der Waals surface area contributed by atoms with Gasteiger partial charge in [0, 0.05) is 20.1 Å². The summed E-state index contributed by atoms with van der Waals surface area (Å²) in [5.41, 5.74) is 0. The van der Waals surface area contributed by atoms with Gasteiger partial charge in [0.05, 0.1) is 13.2 Å². The Morgan fingerprint density at radius 2 is 2.00 bits per heavy atom. The van der Waals surface area contributed by atoms with E-state index < -0.39 is 0 Å². The van der Waals surface area contributed by atoms with Crippen LogP contribution in [0.4, 0.5) is 0 Å². The molecule has 0 aromatic heterocycles. The number of carbonyl (C=O) groups is 1. The Balaban J connectivity index is 2.33. The molecule has 0 radical (unpaired) electrons. The average molecular weight is 280 g/mol. The number of carbonyl (C=O) groups excluding carboxylic acids is 1. The van der Waals surface area contributed by atoms with Crippen LogP contribution < -0.4 is 14.8 Å². The van der Waals surface area contributed by atoms with Gasteiger partial charge in [0.15, 0.2) is 11.5 Å². The van der Waals surface area contributed by atoms with Crippen molar-refractivity contribution in [3.63, 3.8) is 0 Å². The quantitative estimate of drug-likeness (QED) is 0.734. The fourth-order valence-corrected chi connectivity index (χ4v) is 1.75. The van der Waals surface area contributed by atoms with Gasteiger partial charge in [0.25, 0.3) is 0 Å². The van der Waals surface area contributed by atoms with Gasteiger partial charge in [-0.05, 0) is 26.0 Å². The Kier molecular flexibility index (Phi) is 6.87. The van der Waals surface area contributed by atoms with E-state index in [1.165, 1.54) is 0 Å². The molecule has 20 heavy (non-hydrogen) atoms. The number of rotatable bonds is 8. The highest BCUT2D eigenvalue weighted by atomic mass is 16.5. The van der Waals surface area contributed by atoms with Gasteiger partial charge in [-0.25, -0.2) is 0 Å². The fourth-order valence-electron chi connectivity index (χ4n) is 1.75. The SMILES string of the molecule is CCN(C)C(=O)C(C)NCCOc1ccccc1OC. The van der Waals surface area contributed by atoms with E-state index in [-0.39, 0.29) is 11.9 Å². The lowest BCUT2D eigenvalue weighted by Gasteiger charge is -2.20. The molecule has 0 aliphatic rings. The van der Waals surface area contributed by atoms with Crippen LogP contribution in [-0.2, 0) is 4.79 Å². The Morgan fingerprint density at radius 1 is 1.35 bits per heavy atom. The third-order valence-electron chi connectivity index (χ3n) is 3.10. The van der Waals surface area contributed by atoms with Crippen molar-refractivity contribution in [3.05, 3.63) is 24.3 Å². The van der Waals surface area contributed by atoms with Crippen LogP contribution in [-0.4, -0.2) is 50.7 Å². The van der Waals surface area contributed by atoms with Gasteiger partial charge in [-0.1, -0.05) is 12.1 Å². The predicted molar refractivity (Wildman–Crippen MR) is 79.3 cm³/mol. The van der Waals surface area contributed by atoms with E-state index in [4.69, 9.17) is 9.47 Å². The Hall–Kier alpha value is -1.75. The van der Waals surface area contributed by atoms with Gasteiger partial charge in [0.2, 0.25) is 5.91 Å². The van der Waals surface area contributed by atoms with Gasteiger partial charge in [-0.3, -0.25) is 4.79 Å². The first-order valence-corrected chi connectivity index (χ1v) is 6.84. The van der Waals surface area contributed by atoms with Crippen molar-refractivity contribution < 1.29 is 14.3 Å². The molecule has 1 atom stereocenters. The van der Waals surface area contributed by atoms with E-state index in [0.29, 0.717) is 31.2 Å². The normalized spacial score (nSPS) is 11.8. The minimum atomic E-state index is -0.207. The zero-order valence-electron chi connectivity index (χ0n) is 12.7. The van der Waals surface area contributed by atoms with Crippen LogP contribution >= 0.6 is 0 Å². The summed E-state index contributed by atoms with van der Waals surface area (Å²) < 4.78 is 10.8. The van der Waals surface area contributed by atoms with E-state index in [1.807, 2.05) is 38.1 Å². The molecule has 1 aromatic carbocycles. The molecule has 1 aromatic rings. The average Bonchev–Trinajstić information content (AvgIpc) is 2.50. The predicted octanol–water partition coefficient (Wildman–Crippen LogP) is 1.53. The summed E-state index contributed by atoms with van der Waals surface area (Å²) >= 11 is 0. The molecule has 0 heterocycles. The highest BCUT2D eigenvalue weighted by Gasteiger charge is 2.15. The first-order chi connectivity index (χ1) is 9.60. The van der Waals surface area contributed by atoms with E-state index in [0.717, 1.165) is 0 Å². The Bertz CT molecular complexity index is 423. The number of nitrogens with one attached hydrogen (secondary N) is 1. The first-order valence-electron chi connectivity index (χ1n) is 6.84. The Morgan fingerprint density at radius 3 is 2.60 bits per heavy atom. The minimum absolute atomic E-state index is 0.0878. The smallest absolute Gasteiger partial charge is 0.239 e. The second-order valence-corrected chi connectivity index (χ2v) is 4.53. The zero-order chi connectivity index (χ0) is 15.0. The third-order valence-corrected chi connectivity index (χ3v) is 3.10. The number of para-hydroxylation sites is 2. The summed E-state index contributed by atoms with van der Waals surface area (Å²) in [4.78, 5) is 13.5. The van der Waals surface area contributed by atoms with Gasteiger partial charge in [-0.15, -0.1) is 0 Å². The van der Waals surface area contributed by atoms with E-state index in [1.54, 1.807) is 19.1 Å². The number of hydrogen-bond donors (Lipinski definition) is 1. The number of ether oxygens (including phenoxy) is 2. The van der Waals surface area contributed by atoms with Crippen molar-refractivity contribution >= 4 is 5.91 Å². The van der Waals surface area contributed by atoms with Gasteiger partial charge >= 0.3 is 0 Å². The van der Waals surface area contributed by atoms with Crippen molar-refractivity contribution in [3.8, 4) is 11.5 Å². The van der Waals surface area contributed by atoms with Crippen molar-refractivity contribution in [2.75, 3.05) is 33.9 Å². The van der Waals surface area contributed by atoms with Crippen molar-refractivity contribution in [1.29, 1.82) is 0 Å². The molecular formula is C15H24N2O3. The molecule has 0 fully saturated rings. The highest BCUT2D eigenvalue weighted by molar-refractivity contribution is 5.81. The summed E-state index contributed by atoms with van der Waals surface area (Å²) in [6.45, 7) is 5.60. The summed E-state index contributed by atoms with van der Waals surface area (Å²) in [5.74, 6) is 1.51. The number of likely N-dealkylation sites (N-methyl/N-ethyl adjacent to an activating group) is 1. The lowest BCUT2D eigenvalue weighted by molar-refractivity contribution is -0.131. The standard InChI is InChI=1S/C15H24N2O3/c1-5-17(3)15(18)12(2)16-10-11-20-14-9-7-6-8-13(14)19-4/h6-9,12,16H,5,10-11H2,1-4H3. The first kappa shape index (κ1) is 16.3. The molecule has 1 amide bonds.